The predicted octanol–water partition coefficient (Wildman–Crippen LogP) is 4.13. The molecule has 1 unspecified atom stereocenters. The minimum absolute atomic E-state index is 0.218. The summed E-state index contributed by atoms with van der Waals surface area (Å²) in [5, 5.41) is 12.2. The number of carbonyl (C=O) groups is 1. The zero-order chi connectivity index (χ0) is 21.8. The number of benzene rings is 3. The van der Waals surface area contributed by atoms with E-state index in [1.54, 1.807) is 11.8 Å². The highest BCUT2D eigenvalue weighted by molar-refractivity contribution is 7.98. The molecule has 7 heteroatoms. The highest BCUT2D eigenvalue weighted by Gasteiger charge is 2.12. The van der Waals surface area contributed by atoms with Gasteiger partial charge >= 0.3 is 5.97 Å². The highest BCUT2D eigenvalue weighted by Crippen LogP contribution is 2.27. The Kier molecular flexibility index (Phi) is 6.16. The average molecular weight is 431 g/mol. The number of aromatic nitrogens is 2. The van der Waals surface area contributed by atoms with Gasteiger partial charge in [-0.25, -0.2) is 9.97 Å². The van der Waals surface area contributed by atoms with Gasteiger partial charge < -0.3 is 16.6 Å². The second kappa shape index (κ2) is 9.16. The maximum Gasteiger partial charge on any atom is 0.320 e. The maximum atomic E-state index is 10.9. The van der Waals surface area contributed by atoms with Crippen molar-refractivity contribution in [3.05, 3.63) is 83.9 Å². The standard InChI is InChI=1S/C24H22N4O2S/c25-20(23(29)30)12-15-5-9-18(10-6-15)21-13-22(28-24(26)27-21)31-14-16-7-8-17-3-1-2-4-19(17)11-16/h1-11,13,20H,12,14,25H2,(H,29,30)(H2,26,27,28). The van der Waals surface area contributed by atoms with Gasteiger partial charge in [0.25, 0.3) is 0 Å². The fourth-order valence-corrected chi connectivity index (χ4v) is 4.15. The summed E-state index contributed by atoms with van der Waals surface area (Å²) in [7, 11) is 0. The number of rotatable bonds is 7. The Labute approximate surface area is 184 Å². The van der Waals surface area contributed by atoms with E-state index in [0.717, 1.165) is 27.6 Å². The third kappa shape index (κ3) is 5.20. The monoisotopic (exact) mass is 430 g/mol. The van der Waals surface area contributed by atoms with Gasteiger partial charge in [-0.05, 0) is 34.4 Å². The Bertz CT molecular complexity index is 1230. The van der Waals surface area contributed by atoms with Crippen molar-refractivity contribution in [2.45, 2.75) is 23.2 Å². The Balaban J connectivity index is 1.49. The fourth-order valence-electron chi connectivity index (χ4n) is 3.30. The first kappa shape index (κ1) is 20.8. The molecule has 1 aromatic heterocycles. The van der Waals surface area contributed by atoms with Crippen LogP contribution in [0.5, 0.6) is 0 Å². The van der Waals surface area contributed by atoms with Crippen LogP contribution in [0.2, 0.25) is 0 Å². The van der Waals surface area contributed by atoms with E-state index in [1.165, 1.54) is 16.3 Å². The lowest BCUT2D eigenvalue weighted by Crippen LogP contribution is -2.32. The summed E-state index contributed by atoms with van der Waals surface area (Å²) < 4.78 is 0. The van der Waals surface area contributed by atoms with E-state index < -0.39 is 12.0 Å². The molecule has 6 nitrogen and oxygen atoms in total. The Morgan fingerprint density at radius 2 is 1.65 bits per heavy atom. The third-order valence-electron chi connectivity index (χ3n) is 4.94. The van der Waals surface area contributed by atoms with Gasteiger partial charge in [0, 0.05) is 11.3 Å². The van der Waals surface area contributed by atoms with E-state index in [1.807, 2.05) is 42.5 Å². The number of fused-ring (bicyclic) bond motifs is 1. The Hall–Kier alpha value is -3.42. The Morgan fingerprint density at radius 3 is 2.39 bits per heavy atom. The molecule has 0 fully saturated rings. The number of hydrogen-bond donors (Lipinski definition) is 3. The molecule has 0 saturated heterocycles. The molecule has 1 atom stereocenters. The van der Waals surface area contributed by atoms with Crippen molar-refractivity contribution in [3.8, 4) is 11.3 Å². The predicted molar refractivity (Wildman–Crippen MR) is 125 cm³/mol. The van der Waals surface area contributed by atoms with Crippen LogP contribution in [0, 0.1) is 0 Å². The summed E-state index contributed by atoms with van der Waals surface area (Å²) in [6.07, 6.45) is 0.272. The Morgan fingerprint density at radius 1 is 0.935 bits per heavy atom. The van der Waals surface area contributed by atoms with Crippen molar-refractivity contribution >= 4 is 34.5 Å². The summed E-state index contributed by atoms with van der Waals surface area (Å²) in [4.78, 5) is 19.7. The molecule has 4 rings (SSSR count). The number of carboxylic acid groups (broad SMARTS) is 1. The molecule has 0 radical (unpaired) electrons. The van der Waals surface area contributed by atoms with Gasteiger partial charge in [0.1, 0.15) is 11.1 Å². The molecule has 5 N–H and O–H groups in total. The van der Waals surface area contributed by atoms with E-state index in [4.69, 9.17) is 16.6 Å². The molecule has 156 valence electrons. The first-order valence-electron chi connectivity index (χ1n) is 9.81. The number of nitrogens with zero attached hydrogens (tertiary/aromatic N) is 2. The summed E-state index contributed by atoms with van der Waals surface area (Å²) in [5.41, 5.74) is 15.2. The SMILES string of the molecule is Nc1nc(SCc2ccc3ccccc3c2)cc(-c2ccc(CC(N)C(=O)O)cc2)n1. The van der Waals surface area contributed by atoms with Gasteiger partial charge in [0.05, 0.1) is 5.69 Å². The summed E-state index contributed by atoms with van der Waals surface area (Å²) in [6.45, 7) is 0. The smallest absolute Gasteiger partial charge is 0.320 e. The molecule has 0 saturated carbocycles. The van der Waals surface area contributed by atoms with Crippen LogP contribution in [0.25, 0.3) is 22.0 Å². The van der Waals surface area contributed by atoms with Crippen LogP contribution in [0.3, 0.4) is 0 Å². The van der Waals surface area contributed by atoms with Gasteiger partial charge in [0.2, 0.25) is 5.95 Å². The van der Waals surface area contributed by atoms with Crippen LogP contribution in [0.15, 0.2) is 77.8 Å². The zero-order valence-corrected chi connectivity index (χ0v) is 17.5. The molecule has 0 bridgehead atoms. The first-order valence-corrected chi connectivity index (χ1v) is 10.8. The quantitative estimate of drug-likeness (QED) is 0.298. The van der Waals surface area contributed by atoms with Crippen LogP contribution in [-0.2, 0) is 17.0 Å². The third-order valence-corrected chi connectivity index (χ3v) is 5.93. The molecule has 31 heavy (non-hydrogen) atoms. The second-order valence-electron chi connectivity index (χ2n) is 7.27. The lowest BCUT2D eigenvalue weighted by Gasteiger charge is -2.09. The second-order valence-corrected chi connectivity index (χ2v) is 8.26. The molecule has 3 aromatic carbocycles. The summed E-state index contributed by atoms with van der Waals surface area (Å²) >= 11 is 1.61. The van der Waals surface area contributed by atoms with Gasteiger partial charge in [0.15, 0.2) is 0 Å². The highest BCUT2D eigenvalue weighted by atomic mass is 32.2. The van der Waals surface area contributed by atoms with E-state index in [2.05, 4.69) is 40.3 Å². The topological polar surface area (TPSA) is 115 Å². The van der Waals surface area contributed by atoms with Crippen LogP contribution < -0.4 is 11.5 Å². The molecule has 0 aliphatic heterocycles. The summed E-state index contributed by atoms with van der Waals surface area (Å²) in [6, 6.07) is 23.2. The van der Waals surface area contributed by atoms with Gasteiger partial charge in [-0.1, -0.05) is 66.7 Å². The molecular formula is C24H22N4O2S. The van der Waals surface area contributed by atoms with Crippen LogP contribution in [-0.4, -0.2) is 27.1 Å². The normalized spacial score (nSPS) is 12.0. The minimum Gasteiger partial charge on any atom is -0.480 e. The maximum absolute atomic E-state index is 10.9. The number of hydrogen-bond acceptors (Lipinski definition) is 6. The lowest BCUT2D eigenvalue weighted by molar-refractivity contribution is -0.138. The molecule has 0 aliphatic carbocycles. The van der Waals surface area contributed by atoms with Gasteiger partial charge in [-0.2, -0.15) is 0 Å². The van der Waals surface area contributed by atoms with E-state index >= 15 is 0 Å². The van der Waals surface area contributed by atoms with Crippen molar-refractivity contribution in [1.29, 1.82) is 0 Å². The molecule has 0 spiro atoms. The van der Waals surface area contributed by atoms with Crippen molar-refractivity contribution < 1.29 is 9.90 Å². The molecule has 0 amide bonds. The number of anilines is 1. The van der Waals surface area contributed by atoms with Crippen molar-refractivity contribution in [2.24, 2.45) is 5.73 Å². The average Bonchev–Trinajstić information content (AvgIpc) is 2.77. The van der Waals surface area contributed by atoms with E-state index in [-0.39, 0.29) is 12.4 Å². The van der Waals surface area contributed by atoms with Crippen molar-refractivity contribution in [2.75, 3.05) is 5.73 Å². The fraction of sp³-hybridized carbons (Fsp3) is 0.125. The number of nitrogens with two attached hydrogens (primary N) is 2. The zero-order valence-electron chi connectivity index (χ0n) is 16.7. The van der Waals surface area contributed by atoms with Crippen LogP contribution in [0.4, 0.5) is 5.95 Å². The van der Waals surface area contributed by atoms with Gasteiger partial charge in [-0.15, -0.1) is 11.8 Å². The van der Waals surface area contributed by atoms with Crippen LogP contribution >= 0.6 is 11.8 Å². The number of aliphatic carboxylic acids is 1. The van der Waals surface area contributed by atoms with E-state index in [9.17, 15) is 4.79 Å². The number of thioether (sulfide) groups is 1. The van der Waals surface area contributed by atoms with Gasteiger partial charge in [-0.3, -0.25) is 4.79 Å². The van der Waals surface area contributed by atoms with Crippen LogP contribution in [0.1, 0.15) is 11.1 Å². The summed E-state index contributed by atoms with van der Waals surface area (Å²) in [5.74, 6) is -0.0246. The lowest BCUT2D eigenvalue weighted by atomic mass is 10.0. The number of carboxylic acids is 1. The van der Waals surface area contributed by atoms with E-state index in [0.29, 0.717) is 0 Å². The van der Waals surface area contributed by atoms with Crippen molar-refractivity contribution in [3.63, 3.8) is 0 Å². The molecular weight excluding hydrogens is 408 g/mol. The first-order chi connectivity index (χ1) is 15.0. The van der Waals surface area contributed by atoms with Crippen molar-refractivity contribution in [1.82, 2.24) is 9.97 Å². The molecule has 0 aliphatic rings. The largest absolute Gasteiger partial charge is 0.480 e. The molecule has 1 heterocycles. The minimum atomic E-state index is -1.01. The number of nitrogen functional groups attached to an aromatic ring is 1. The molecule has 4 aromatic rings.